The summed E-state index contributed by atoms with van der Waals surface area (Å²) in [4.78, 5) is 21.6. The number of phosphoric acid groups is 1. The molecule has 0 aromatic heterocycles. The minimum absolute atomic E-state index is 0. The fraction of sp³-hybridized carbons (Fsp3) is 1.00. The van der Waals surface area contributed by atoms with Crippen LogP contribution in [-0.2, 0) is 4.57 Å². The molecule has 4 nitrogen and oxygen atoms in total. The van der Waals surface area contributed by atoms with Crippen molar-refractivity contribution in [3.05, 3.63) is 0 Å². The van der Waals surface area contributed by atoms with E-state index in [-0.39, 0.29) is 29.6 Å². The summed E-state index contributed by atoms with van der Waals surface area (Å²) in [6.07, 6.45) is 0. The number of hydrogen-bond acceptors (Lipinski definition) is 3. The van der Waals surface area contributed by atoms with Crippen molar-refractivity contribution in [1.82, 2.24) is 0 Å². The van der Waals surface area contributed by atoms with Crippen LogP contribution in [0.4, 0.5) is 0 Å². The molecule has 0 aliphatic heterocycles. The van der Waals surface area contributed by atoms with Crippen LogP contribution in [-0.4, -0.2) is 55.7 Å². The summed E-state index contributed by atoms with van der Waals surface area (Å²) in [5.41, 5.74) is 0. The van der Waals surface area contributed by atoms with Gasteiger partial charge in [0.15, 0.2) is 0 Å². The number of hydrogen-bond donors (Lipinski definition) is 3. The molecule has 0 heterocycles. The molecule has 0 saturated heterocycles. The van der Waals surface area contributed by atoms with Gasteiger partial charge in [-0.25, -0.2) is 4.57 Å². The van der Waals surface area contributed by atoms with E-state index in [4.69, 9.17) is 19.2 Å². The standard InChI is InChI=1S/C4H10S2.Na.H3O4P.H/c1-3-5-6-4-2;;1-5(2,3)4;/h3-4H2,1-2H3;;(H3,1,2,3,4);. The maximum absolute atomic E-state index is 8.88. The predicted molar refractivity (Wildman–Crippen MR) is 57.7 cm³/mol. The normalized spacial score (nSPS) is 9.42. The molecule has 0 atom stereocenters. The van der Waals surface area contributed by atoms with Crippen molar-refractivity contribution in [2.75, 3.05) is 11.5 Å². The fourth-order valence-electron chi connectivity index (χ4n) is 0.167. The quantitative estimate of drug-likeness (QED) is 0.295. The average molecular weight is 244 g/mol. The third kappa shape index (κ3) is 59.7. The van der Waals surface area contributed by atoms with Crippen LogP contribution in [0.25, 0.3) is 0 Å². The molecule has 72 valence electrons. The van der Waals surface area contributed by atoms with E-state index < -0.39 is 7.82 Å². The van der Waals surface area contributed by atoms with Crippen molar-refractivity contribution in [3.63, 3.8) is 0 Å². The van der Waals surface area contributed by atoms with Gasteiger partial charge in [0, 0.05) is 11.5 Å². The molecule has 0 aliphatic carbocycles. The molecule has 0 rings (SSSR count). The molecule has 0 bridgehead atoms. The molecule has 3 N–H and O–H groups in total. The second-order valence-corrected chi connectivity index (χ2v) is 5.39. The SMILES string of the molecule is CCSSCC.O=P(O)(O)O.[NaH]. The Hall–Kier alpha value is 1.81. The van der Waals surface area contributed by atoms with Crippen molar-refractivity contribution in [2.24, 2.45) is 0 Å². The Morgan fingerprint density at radius 1 is 1.08 bits per heavy atom. The van der Waals surface area contributed by atoms with Gasteiger partial charge >= 0.3 is 37.4 Å². The van der Waals surface area contributed by atoms with Crippen molar-refractivity contribution in [1.29, 1.82) is 0 Å². The first-order valence-electron chi connectivity index (χ1n) is 2.94. The first kappa shape index (κ1) is 19.4. The molecule has 0 saturated carbocycles. The molecule has 0 radical (unpaired) electrons. The van der Waals surface area contributed by atoms with E-state index >= 15 is 0 Å². The summed E-state index contributed by atoms with van der Waals surface area (Å²) in [5.74, 6) is 2.47. The Kier molecular flexibility index (Phi) is 20.7. The van der Waals surface area contributed by atoms with Crippen LogP contribution in [0.3, 0.4) is 0 Å². The second-order valence-electron chi connectivity index (χ2n) is 1.33. The topological polar surface area (TPSA) is 77.8 Å². The van der Waals surface area contributed by atoms with Gasteiger partial charge in [0.2, 0.25) is 0 Å². The molecule has 0 fully saturated rings. The van der Waals surface area contributed by atoms with Gasteiger partial charge in [-0.1, -0.05) is 35.4 Å². The van der Waals surface area contributed by atoms with Crippen LogP contribution >= 0.6 is 29.4 Å². The molecule has 8 heteroatoms. The zero-order chi connectivity index (χ0) is 9.33. The van der Waals surface area contributed by atoms with Crippen LogP contribution in [0, 0.1) is 0 Å². The molecular formula is C4H14NaO4PS2. The van der Waals surface area contributed by atoms with Gasteiger partial charge in [-0.3, -0.25) is 0 Å². The Bertz CT molecular complexity index is 107. The van der Waals surface area contributed by atoms with Crippen LogP contribution in [0.2, 0.25) is 0 Å². The fourth-order valence-corrected chi connectivity index (χ4v) is 1.50. The molecule has 0 aromatic rings. The summed E-state index contributed by atoms with van der Waals surface area (Å²) < 4.78 is 8.88. The Labute approximate surface area is 103 Å². The molecule has 0 unspecified atom stereocenters. The first-order valence-corrected chi connectivity index (χ1v) is 6.99. The van der Waals surface area contributed by atoms with E-state index in [1.54, 1.807) is 0 Å². The van der Waals surface area contributed by atoms with E-state index in [9.17, 15) is 0 Å². The summed E-state index contributed by atoms with van der Waals surface area (Å²) >= 11 is 0. The van der Waals surface area contributed by atoms with Crippen LogP contribution < -0.4 is 0 Å². The first-order chi connectivity index (χ1) is 4.91. The zero-order valence-corrected chi connectivity index (χ0v) is 8.96. The van der Waals surface area contributed by atoms with Crippen LogP contribution in [0.5, 0.6) is 0 Å². The van der Waals surface area contributed by atoms with Crippen molar-refractivity contribution in [2.45, 2.75) is 13.8 Å². The van der Waals surface area contributed by atoms with Gasteiger partial charge in [0.05, 0.1) is 0 Å². The van der Waals surface area contributed by atoms with Crippen LogP contribution in [0.1, 0.15) is 13.8 Å². The monoisotopic (exact) mass is 244 g/mol. The van der Waals surface area contributed by atoms with Crippen molar-refractivity contribution < 1.29 is 19.2 Å². The van der Waals surface area contributed by atoms with Gasteiger partial charge in [0.25, 0.3) is 0 Å². The van der Waals surface area contributed by atoms with Gasteiger partial charge in [-0.2, -0.15) is 0 Å². The van der Waals surface area contributed by atoms with Crippen LogP contribution in [0.15, 0.2) is 0 Å². The van der Waals surface area contributed by atoms with Gasteiger partial charge in [-0.05, 0) is 0 Å². The predicted octanol–water partition coefficient (Wildman–Crippen LogP) is 0.831. The molecule has 0 amide bonds. The van der Waals surface area contributed by atoms with E-state index in [1.165, 1.54) is 11.5 Å². The van der Waals surface area contributed by atoms with E-state index in [0.29, 0.717) is 0 Å². The van der Waals surface area contributed by atoms with Gasteiger partial charge in [-0.15, -0.1) is 0 Å². The number of rotatable bonds is 3. The third-order valence-electron chi connectivity index (χ3n) is 0.319. The summed E-state index contributed by atoms with van der Waals surface area (Å²) in [6, 6.07) is 0. The molecular weight excluding hydrogens is 230 g/mol. The zero-order valence-electron chi connectivity index (χ0n) is 6.43. The second kappa shape index (κ2) is 12.8. The summed E-state index contributed by atoms with van der Waals surface area (Å²) in [7, 11) is -0.789. The Morgan fingerprint density at radius 3 is 1.33 bits per heavy atom. The summed E-state index contributed by atoms with van der Waals surface area (Å²) in [5, 5.41) is 0. The molecule has 0 aromatic carbocycles. The van der Waals surface area contributed by atoms with E-state index in [0.717, 1.165) is 0 Å². The summed E-state index contributed by atoms with van der Waals surface area (Å²) in [6.45, 7) is 4.35. The molecule has 0 aliphatic rings. The van der Waals surface area contributed by atoms with Gasteiger partial charge in [0.1, 0.15) is 0 Å². The minimum atomic E-state index is -4.64. The van der Waals surface area contributed by atoms with Crippen molar-refractivity contribution in [3.8, 4) is 0 Å². The van der Waals surface area contributed by atoms with Crippen molar-refractivity contribution >= 4 is 59.0 Å². The van der Waals surface area contributed by atoms with Gasteiger partial charge < -0.3 is 14.7 Å². The Balaban J connectivity index is -0.000000126. The van der Waals surface area contributed by atoms with E-state index in [2.05, 4.69) is 13.8 Å². The molecule has 0 spiro atoms. The average Bonchev–Trinajstić information content (AvgIpc) is 1.79. The Morgan fingerprint density at radius 2 is 1.25 bits per heavy atom. The maximum atomic E-state index is 8.88. The third-order valence-corrected chi connectivity index (χ3v) is 2.87. The molecule has 12 heavy (non-hydrogen) atoms. The van der Waals surface area contributed by atoms with E-state index in [1.807, 2.05) is 21.6 Å².